The number of ether oxygens (including phenoxy) is 1. The molecule has 1 aromatic rings. The highest BCUT2D eigenvalue weighted by Gasteiger charge is 2.14. The molecular formula is C13H18BrNO2. The fourth-order valence-electron chi connectivity index (χ4n) is 1.25. The number of carbonyl (C=O) groups excluding carboxylic acids is 1. The van der Waals surface area contributed by atoms with Gasteiger partial charge in [-0.2, -0.15) is 0 Å². The van der Waals surface area contributed by atoms with E-state index in [0.29, 0.717) is 18.2 Å². The number of rotatable bonds is 5. The monoisotopic (exact) mass is 299 g/mol. The van der Waals surface area contributed by atoms with E-state index < -0.39 is 6.10 Å². The Morgan fingerprint density at radius 1 is 1.41 bits per heavy atom. The van der Waals surface area contributed by atoms with Crippen molar-refractivity contribution in [3.8, 4) is 5.75 Å². The van der Waals surface area contributed by atoms with Crippen LogP contribution in [-0.2, 0) is 4.79 Å². The molecule has 1 atom stereocenters. The van der Waals surface area contributed by atoms with E-state index in [4.69, 9.17) is 4.74 Å². The Morgan fingerprint density at radius 3 is 2.71 bits per heavy atom. The molecule has 1 unspecified atom stereocenters. The van der Waals surface area contributed by atoms with Gasteiger partial charge in [-0.15, -0.1) is 0 Å². The predicted octanol–water partition coefficient (Wildman–Crippen LogP) is 2.99. The summed E-state index contributed by atoms with van der Waals surface area (Å²) in [5.74, 6) is 1.04. The van der Waals surface area contributed by atoms with Gasteiger partial charge in [-0.25, -0.2) is 0 Å². The van der Waals surface area contributed by atoms with Crippen molar-refractivity contribution in [1.29, 1.82) is 0 Å². The summed E-state index contributed by atoms with van der Waals surface area (Å²) in [6, 6.07) is 7.46. The number of hydrogen-bond donors (Lipinski definition) is 1. The minimum atomic E-state index is -0.483. The second-order valence-corrected chi connectivity index (χ2v) is 5.27. The number of halogens is 1. The first-order chi connectivity index (χ1) is 7.99. The van der Waals surface area contributed by atoms with Crippen LogP contribution in [0.15, 0.2) is 28.7 Å². The zero-order valence-corrected chi connectivity index (χ0v) is 12.0. The van der Waals surface area contributed by atoms with Gasteiger partial charge in [-0.05, 0) is 31.0 Å². The molecule has 0 spiro atoms. The maximum absolute atomic E-state index is 11.7. The smallest absolute Gasteiger partial charge is 0.260 e. The molecule has 0 bridgehead atoms. The molecule has 17 heavy (non-hydrogen) atoms. The highest BCUT2D eigenvalue weighted by molar-refractivity contribution is 9.10. The molecule has 0 saturated carbocycles. The minimum absolute atomic E-state index is 0.0846. The lowest BCUT2D eigenvalue weighted by atomic mass is 10.2. The normalized spacial score (nSPS) is 12.3. The van der Waals surface area contributed by atoms with Crippen molar-refractivity contribution in [3.05, 3.63) is 28.7 Å². The largest absolute Gasteiger partial charge is 0.481 e. The van der Waals surface area contributed by atoms with Crippen LogP contribution in [0.25, 0.3) is 0 Å². The Morgan fingerprint density at radius 2 is 2.12 bits per heavy atom. The van der Waals surface area contributed by atoms with Crippen LogP contribution >= 0.6 is 15.9 Å². The first-order valence-corrected chi connectivity index (χ1v) is 6.48. The van der Waals surface area contributed by atoms with Crippen LogP contribution in [0.5, 0.6) is 5.75 Å². The number of hydrogen-bond acceptors (Lipinski definition) is 2. The summed E-state index contributed by atoms with van der Waals surface area (Å²) in [7, 11) is 0. The quantitative estimate of drug-likeness (QED) is 0.908. The summed E-state index contributed by atoms with van der Waals surface area (Å²) in [5, 5.41) is 2.84. The Kier molecular flexibility index (Phi) is 5.48. The third-order valence-electron chi connectivity index (χ3n) is 2.16. The Labute approximate surface area is 111 Å². The highest BCUT2D eigenvalue weighted by atomic mass is 79.9. The van der Waals surface area contributed by atoms with E-state index >= 15 is 0 Å². The lowest BCUT2D eigenvalue weighted by Crippen LogP contribution is -2.38. The first kappa shape index (κ1) is 14.0. The van der Waals surface area contributed by atoms with Gasteiger partial charge in [0.25, 0.3) is 5.91 Å². The van der Waals surface area contributed by atoms with Gasteiger partial charge in [0.15, 0.2) is 6.10 Å². The minimum Gasteiger partial charge on any atom is -0.481 e. The van der Waals surface area contributed by atoms with Gasteiger partial charge in [0.2, 0.25) is 0 Å². The van der Waals surface area contributed by atoms with E-state index in [0.717, 1.165) is 4.47 Å². The van der Waals surface area contributed by atoms with Crippen molar-refractivity contribution in [2.45, 2.75) is 26.9 Å². The number of nitrogens with one attached hydrogen (secondary N) is 1. The van der Waals surface area contributed by atoms with E-state index in [1.54, 1.807) is 6.92 Å². The second-order valence-electron chi connectivity index (χ2n) is 4.36. The first-order valence-electron chi connectivity index (χ1n) is 5.69. The van der Waals surface area contributed by atoms with Crippen molar-refractivity contribution in [1.82, 2.24) is 5.32 Å². The maximum Gasteiger partial charge on any atom is 0.260 e. The average Bonchev–Trinajstić information content (AvgIpc) is 2.25. The van der Waals surface area contributed by atoms with E-state index in [1.165, 1.54) is 0 Å². The van der Waals surface area contributed by atoms with Crippen molar-refractivity contribution < 1.29 is 9.53 Å². The molecule has 1 N–H and O–H groups in total. The van der Waals surface area contributed by atoms with Gasteiger partial charge in [0.05, 0.1) is 0 Å². The number of carbonyl (C=O) groups is 1. The van der Waals surface area contributed by atoms with Gasteiger partial charge in [0.1, 0.15) is 5.75 Å². The SMILES string of the molecule is CC(C)CNC(=O)C(C)Oc1cccc(Br)c1. The van der Waals surface area contributed by atoms with Gasteiger partial charge in [0, 0.05) is 11.0 Å². The standard InChI is InChI=1S/C13H18BrNO2/c1-9(2)8-15-13(16)10(3)17-12-6-4-5-11(14)7-12/h4-7,9-10H,8H2,1-3H3,(H,15,16). The molecule has 0 fully saturated rings. The van der Waals surface area contributed by atoms with Crippen LogP contribution in [0.1, 0.15) is 20.8 Å². The molecule has 0 aliphatic carbocycles. The lowest BCUT2D eigenvalue weighted by molar-refractivity contribution is -0.127. The van der Waals surface area contributed by atoms with Gasteiger partial charge in [-0.1, -0.05) is 35.8 Å². The van der Waals surface area contributed by atoms with E-state index in [9.17, 15) is 4.79 Å². The zero-order valence-electron chi connectivity index (χ0n) is 10.4. The molecule has 1 aromatic carbocycles. The summed E-state index contributed by atoms with van der Waals surface area (Å²) >= 11 is 3.36. The molecule has 0 aromatic heterocycles. The fraction of sp³-hybridized carbons (Fsp3) is 0.462. The lowest BCUT2D eigenvalue weighted by Gasteiger charge is -2.15. The summed E-state index contributed by atoms with van der Waals surface area (Å²) < 4.78 is 6.48. The van der Waals surface area contributed by atoms with E-state index in [-0.39, 0.29) is 5.91 Å². The molecule has 1 rings (SSSR count). The number of amides is 1. The highest BCUT2D eigenvalue weighted by Crippen LogP contribution is 2.18. The third-order valence-corrected chi connectivity index (χ3v) is 2.66. The molecule has 3 nitrogen and oxygen atoms in total. The van der Waals surface area contributed by atoms with Crippen LogP contribution < -0.4 is 10.1 Å². The topological polar surface area (TPSA) is 38.3 Å². The molecule has 94 valence electrons. The molecule has 0 aliphatic rings. The maximum atomic E-state index is 11.7. The average molecular weight is 300 g/mol. The second kappa shape index (κ2) is 6.64. The molecule has 4 heteroatoms. The molecule has 0 aliphatic heterocycles. The van der Waals surface area contributed by atoms with Crippen molar-refractivity contribution in [2.75, 3.05) is 6.54 Å². The van der Waals surface area contributed by atoms with Crippen LogP contribution in [0.4, 0.5) is 0 Å². The third kappa shape index (κ3) is 5.22. The van der Waals surface area contributed by atoms with Crippen molar-refractivity contribution in [3.63, 3.8) is 0 Å². The molecular weight excluding hydrogens is 282 g/mol. The van der Waals surface area contributed by atoms with Crippen LogP contribution in [0.3, 0.4) is 0 Å². The van der Waals surface area contributed by atoms with E-state index in [1.807, 2.05) is 24.3 Å². The molecule has 0 heterocycles. The molecule has 0 saturated heterocycles. The fourth-order valence-corrected chi connectivity index (χ4v) is 1.62. The van der Waals surface area contributed by atoms with Crippen LogP contribution in [0.2, 0.25) is 0 Å². The predicted molar refractivity (Wildman–Crippen MR) is 72.1 cm³/mol. The van der Waals surface area contributed by atoms with Crippen LogP contribution in [0, 0.1) is 5.92 Å². The summed E-state index contributed by atoms with van der Waals surface area (Å²) in [4.78, 5) is 11.7. The summed E-state index contributed by atoms with van der Waals surface area (Å²) in [6.45, 7) is 6.53. The Bertz CT molecular complexity index is 379. The molecule has 1 amide bonds. The van der Waals surface area contributed by atoms with E-state index in [2.05, 4.69) is 35.1 Å². The number of benzene rings is 1. The summed E-state index contributed by atoms with van der Waals surface area (Å²) in [6.07, 6.45) is -0.483. The van der Waals surface area contributed by atoms with Crippen molar-refractivity contribution >= 4 is 21.8 Å². The van der Waals surface area contributed by atoms with Gasteiger partial charge >= 0.3 is 0 Å². The zero-order chi connectivity index (χ0) is 12.8. The van der Waals surface area contributed by atoms with Crippen LogP contribution in [-0.4, -0.2) is 18.6 Å². The Balaban J connectivity index is 2.48. The van der Waals surface area contributed by atoms with Crippen molar-refractivity contribution in [2.24, 2.45) is 5.92 Å². The van der Waals surface area contributed by atoms with Gasteiger partial charge < -0.3 is 10.1 Å². The molecule has 0 radical (unpaired) electrons. The van der Waals surface area contributed by atoms with Gasteiger partial charge in [-0.3, -0.25) is 4.79 Å². The summed E-state index contributed by atoms with van der Waals surface area (Å²) in [5.41, 5.74) is 0. The Hall–Kier alpha value is -1.03.